The minimum Gasteiger partial charge on any atom is -0.480 e. The number of hydrogen-bond donors (Lipinski definition) is 3. The van der Waals surface area contributed by atoms with Crippen LogP contribution in [0.15, 0.2) is 0 Å². The van der Waals surface area contributed by atoms with E-state index in [1.165, 1.54) is 0 Å². The van der Waals surface area contributed by atoms with Gasteiger partial charge in [-0.2, -0.15) is 0 Å². The van der Waals surface area contributed by atoms with Gasteiger partial charge >= 0.3 is 5.97 Å². The summed E-state index contributed by atoms with van der Waals surface area (Å²) in [5.41, 5.74) is 5.09. The maximum Gasteiger partial charge on any atom is 0.320 e. The molecule has 4 N–H and O–H groups in total. The van der Waals surface area contributed by atoms with Gasteiger partial charge in [0, 0.05) is 6.54 Å². The van der Waals surface area contributed by atoms with Crippen LogP contribution in [0.5, 0.6) is 0 Å². The summed E-state index contributed by atoms with van der Waals surface area (Å²) in [6, 6.07) is -0.776. The van der Waals surface area contributed by atoms with Crippen molar-refractivity contribution in [1.82, 2.24) is 5.32 Å². The Morgan fingerprint density at radius 2 is 2.43 bits per heavy atom. The van der Waals surface area contributed by atoms with Crippen molar-refractivity contribution < 1.29 is 14.6 Å². The van der Waals surface area contributed by atoms with Crippen molar-refractivity contribution >= 4 is 5.97 Å². The highest BCUT2D eigenvalue weighted by Gasteiger charge is 2.31. The van der Waals surface area contributed by atoms with E-state index in [0.717, 1.165) is 6.54 Å². The van der Waals surface area contributed by atoms with Gasteiger partial charge in [-0.25, -0.2) is 0 Å². The summed E-state index contributed by atoms with van der Waals surface area (Å²) in [5.74, 6) is -0.949. The molecule has 0 aromatic heterocycles. The molecular formula is C9H18N2O3. The molecule has 0 saturated carbocycles. The smallest absolute Gasteiger partial charge is 0.320 e. The minimum atomic E-state index is -0.949. The predicted molar refractivity (Wildman–Crippen MR) is 51.8 cm³/mol. The van der Waals surface area contributed by atoms with Crippen molar-refractivity contribution in [3.05, 3.63) is 0 Å². The average molecular weight is 202 g/mol. The van der Waals surface area contributed by atoms with Crippen LogP contribution >= 0.6 is 0 Å². The second-order valence-electron chi connectivity index (χ2n) is 4.15. The second kappa shape index (κ2) is 4.25. The summed E-state index contributed by atoms with van der Waals surface area (Å²) in [7, 11) is 0. The fourth-order valence-corrected chi connectivity index (χ4v) is 1.51. The molecule has 0 radical (unpaired) electrons. The molecule has 5 nitrogen and oxygen atoms in total. The first kappa shape index (κ1) is 11.4. The van der Waals surface area contributed by atoms with Crippen LogP contribution in [0.25, 0.3) is 0 Å². The third-order valence-corrected chi connectivity index (χ3v) is 2.33. The van der Waals surface area contributed by atoms with Crippen LogP contribution in [0.3, 0.4) is 0 Å². The number of carbonyl (C=O) groups is 1. The molecule has 2 unspecified atom stereocenters. The van der Waals surface area contributed by atoms with E-state index in [9.17, 15) is 4.79 Å². The number of nitrogens with one attached hydrogen (secondary N) is 1. The first-order valence-corrected chi connectivity index (χ1v) is 4.82. The van der Waals surface area contributed by atoms with E-state index in [0.29, 0.717) is 12.8 Å². The Morgan fingerprint density at radius 1 is 1.79 bits per heavy atom. The van der Waals surface area contributed by atoms with Crippen LogP contribution in [0.4, 0.5) is 0 Å². The minimum absolute atomic E-state index is 0.0791. The molecule has 82 valence electrons. The summed E-state index contributed by atoms with van der Waals surface area (Å²) in [6.07, 6.45) is 1.22. The number of aliphatic carboxylic acids is 1. The molecule has 0 amide bonds. The molecule has 1 fully saturated rings. The van der Waals surface area contributed by atoms with Gasteiger partial charge in [0.25, 0.3) is 0 Å². The van der Waals surface area contributed by atoms with Gasteiger partial charge in [0.05, 0.1) is 6.10 Å². The maximum atomic E-state index is 10.5. The van der Waals surface area contributed by atoms with E-state index in [-0.39, 0.29) is 11.8 Å². The number of ether oxygens (including phenoxy) is 1. The van der Waals surface area contributed by atoms with Crippen molar-refractivity contribution in [1.29, 1.82) is 0 Å². The first-order valence-electron chi connectivity index (χ1n) is 4.82. The van der Waals surface area contributed by atoms with E-state index in [4.69, 9.17) is 15.6 Å². The lowest BCUT2D eigenvalue weighted by Gasteiger charge is -2.18. The molecule has 1 aliphatic rings. The van der Waals surface area contributed by atoms with Crippen LogP contribution in [0.1, 0.15) is 26.7 Å². The Balaban J connectivity index is 2.24. The molecule has 1 aliphatic heterocycles. The normalized spacial score (nSPS) is 27.5. The molecule has 1 rings (SSSR count). The van der Waals surface area contributed by atoms with Crippen LogP contribution < -0.4 is 11.1 Å². The quantitative estimate of drug-likeness (QED) is 0.593. The van der Waals surface area contributed by atoms with Gasteiger partial charge in [-0.1, -0.05) is 0 Å². The lowest BCUT2D eigenvalue weighted by atomic mass is 10.1. The molecule has 0 aromatic rings. The molecule has 0 spiro atoms. The molecule has 0 bridgehead atoms. The second-order valence-corrected chi connectivity index (χ2v) is 4.15. The van der Waals surface area contributed by atoms with E-state index >= 15 is 0 Å². The number of carboxylic acids is 1. The third kappa shape index (κ3) is 3.25. The van der Waals surface area contributed by atoms with Gasteiger partial charge in [-0.05, 0) is 26.7 Å². The average Bonchev–Trinajstić information content (AvgIpc) is 2.41. The van der Waals surface area contributed by atoms with Gasteiger partial charge in [-0.3, -0.25) is 10.1 Å². The highest BCUT2D eigenvalue weighted by Crippen LogP contribution is 2.19. The van der Waals surface area contributed by atoms with Gasteiger partial charge < -0.3 is 15.6 Å². The van der Waals surface area contributed by atoms with Crippen LogP contribution in [0.2, 0.25) is 0 Å². The lowest BCUT2D eigenvalue weighted by Crippen LogP contribution is -2.33. The topological polar surface area (TPSA) is 84.6 Å². The number of rotatable bonds is 4. The van der Waals surface area contributed by atoms with Crippen molar-refractivity contribution in [3.8, 4) is 0 Å². The summed E-state index contributed by atoms with van der Waals surface area (Å²) in [4.78, 5) is 10.5. The summed E-state index contributed by atoms with van der Waals surface area (Å²) >= 11 is 0. The Hall–Kier alpha value is -0.650. The van der Waals surface area contributed by atoms with Crippen molar-refractivity contribution in [3.63, 3.8) is 0 Å². The number of nitrogens with two attached hydrogens (primary N) is 1. The summed E-state index contributed by atoms with van der Waals surface area (Å²) < 4.78 is 5.62. The van der Waals surface area contributed by atoms with Crippen molar-refractivity contribution in [2.45, 2.75) is 44.6 Å². The zero-order chi connectivity index (χ0) is 10.8. The molecular weight excluding hydrogens is 184 g/mol. The highest BCUT2D eigenvalue weighted by molar-refractivity contribution is 5.72. The molecule has 5 heteroatoms. The van der Waals surface area contributed by atoms with Gasteiger partial charge in [0.15, 0.2) is 0 Å². The van der Waals surface area contributed by atoms with Crippen molar-refractivity contribution in [2.24, 2.45) is 5.73 Å². The Bertz CT molecular complexity index is 218. The van der Waals surface area contributed by atoms with E-state index in [2.05, 4.69) is 5.32 Å². The van der Waals surface area contributed by atoms with E-state index in [1.807, 2.05) is 13.8 Å². The molecule has 0 aromatic carbocycles. The fourth-order valence-electron chi connectivity index (χ4n) is 1.51. The Labute approximate surface area is 83.6 Å². The van der Waals surface area contributed by atoms with Crippen LogP contribution in [-0.4, -0.2) is 35.5 Å². The zero-order valence-corrected chi connectivity index (χ0v) is 8.62. The molecule has 1 saturated heterocycles. The van der Waals surface area contributed by atoms with Gasteiger partial charge in [0.1, 0.15) is 11.8 Å². The maximum absolute atomic E-state index is 10.5. The number of carboxylic acid groups (broad SMARTS) is 1. The van der Waals surface area contributed by atoms with E-state index < -0.39 is 12.0 Å². The third-order valence-electron chi connectivity index (χ3n) is 2.33. The van der Waals surface area contributed by atoms with Crippen LogP contribution in [0, 0.1) is 0 Å². The Kier molecular flexibility index (Phi) is 3.47. The largest absolute Gasteiger partial charge is 0.480 e. The van der Waals surface area contributed by atoms with Gasteiger partial charge in [0.2, 0.25) is 0 Å². The highest BCUT2D eigenvalue weighted by atomic mass is 16.5. The summed E-state index contributed by atoms with van der Waals surface area (Å²) in [5, 5.41) is 11.8. The van der Waals surface area contributed by atoms with Gasteiger partial charge in [-0.15, -0.1) is 0 Å². The molecule has 0 aliphatic carbocycles. The monoisotopic (exact) mass is 202 g/mol. The first-order chi connectivity index (χ1) is 6.41. The molecule has 2 atom stereocenters. The van der Waals surface area contributed by atoms with Crippen LogP contribution in [-0.2, 0) is 9.53 Å². The van der Waals surface area contributed by atoms with E-state index in [1.54, 1.807) is 0 Å². The predicted octanol–water partition coefficient (Wildman–Crippen LogP) is -0.0970. The Morgan fingerprint density at radius 3 is 2.86 bits per heavy atom. The standard InChI is InChI=1S/C9H18N2O3/c1-9(2)11-5-6(14-9)3-4-7(10)8(12)13/h6-7,11H,3-5,10H2,1-2H3,(H,12,13). The molecule has 14 heavy (non-hydrogen) atoms. The lowest BCUT2D eigenvalue weighted by molar-refractivity contribution is -0.138. The van der Waals surface area contributed by atoms with Crippen molar-refractivity contribution in [2.75, 3.05) is 6.54 Å². The fraction of sp³-hybridized carbons (Fsp3) is 0.889. The zero-order valence-electron chi connectivity index (χ0n) is 8.62. The summed E-state index contributed by atoms with van der Waals surface area (Å²) in [6.45, 7) is 4.66. The SMILES string of the molecule is CC1(C)NCC(CCC(N)C(=O)O)O1. The molecule has 1 heterocycles. The number of hydrogen-bond acceptors (Lipinski definition) is 4.